The number of hydrogen-bond donors (Lipinski definition) is 0. The molecule has 1 aromatic carbocycles. The highest BCUT2D eigenvalue weighted by molar-refractivity contribution is 6.14. The lowest BCUT2D eigenvalue weighted by atomic mass is 10.0. The third-order valence-corrected chi connectivity index (χ3v) is 6.63. The van der Waals surface area contributed by atoms with Crippen LogP contribution in [-0.2, 0) is 11.3 Å². The Kier molecular flexibility index (Phi) is 5.40. The first-order chi connectivity index (χ1) is 15.0. The summed E-state index contributed by atoms with van der Waals surface area (Å²) in [5.41, 5.74) is 4.19. The lowest BCUT2D eigenvalue weighted by molar-refractivity contribution is 0.0952. The Hall–Kier alpha value is -2.51. The van der Waals surface area contributed by atoms with Crippen LogP contribution in [0.1, 0.15) is 43.5 Å². The van der Waals surface area contributed by atoms with Crippen LogP contribution >= 0.6 is 0 Å². The van der Waals surface area contributed by atoms with E-state index in [0.717, 1.165) is 74.2 Å². The molecular formula is C24H31N5O2. The zero-order valence-electron chi connectivity index (χ0n) is 18.7. The normalized spacial score (nSPS) is 20.9. The molecule has 1 saturated carbocycles. The molecule has 1 saturated heterocycles. The number of methoxy groups -OCH3 is 1. The number of ether oxygens (including phenoxy) is 2. The Balaban J connectivity index is 1.31. The van der Waals surface area contributed by atoms with E-state index in [9.17, 15) is 0 Å². The number of anilines is 1. The molecule has 0 N–H and O–H groups in total. The summed E-state index contributed by atoms with van der Waals surface area (Å²) < 4.78 is 11.5. The zero-order chi connectivity index (χ0) is 21.4. The monoisotopic (exact) mass is 421 g/mol. The Morgan fingerprint density at radius 3 is 2.65 bits per heavy atom. The molecule has 2 aliphatic heterocycles. The van der Waals surface area contributed by atoms with Crippen LogP contribution in [0.25, 0.3) is 0 Å². The fourth-order valence-electron chi connectivity index (χ4n) is 4.40. The molecule has 3 aliphatic rings. The van der Waals surface area contributed by atoms with Crippen molar-refractivity contribution in [2.24, 2.45) is 4.99 Å². The smallest absolute Gasteiger partial charge is 0.132 e. The van der Waals surface area contributed by atoms with Crippen LogP contribution in [0.15, 0.2) is 35.6 Å². The molecule has 2 fully saturated rings. The van der Waals surface area contributed by atoms with Gasteiger partial charge in [-0.2, -0.15) is 0 Å². The van der Waals surface area contributed by atoms with Gasteiger partial charge in [0, 0.05) is 51.0 Å². The highest BCUT2D eigenvalue weighted by Gasteiger charge is 2.40. The number of piperazine rings is 1. The second kappa shape index (κ2) is 8.20. The summed E-state index contributed by atoms with van der Waals surface area (Å²) in [5, 5.41) is 0. The van der Waals surface area contributed by atoms with Crippen molar-refractivity contribution < 1.29 is 9.47 Å². The van der Waals surface area contributed by atoms with Gasteiger partial charge in [0.25, 0.3) is 0 Å². The van der Waals surface area contributed by atoms with E-state index in [0.29, 0.717) is 12.6 Å². The van der Waals surface area contributed by atoms with Crippen molar-refractivity contribution in [2.75, 3.05) is 44.8 Å². The van der Waals surface area contributed by atoms with Gasteiger partial charge in [0.05, 0.1) is 24.6 Å². The molecule has 0 spiro atoms. The number of benzene rings is 1. The van der Waals surface area contributed by atoms with Crippen LogP contribution in [-0.4, -0.2) is 72.1 Å². The molecule has 31 heavy (non-hydrogen) atoms. The second-order valence-corrected chi connectivity index (χ2v) is 9.12. The standard InChI is InChI=1S/C24H31N5O2/c1-17(15-30-3)28-8-10-29(11-9-28)22-13-21(26-16-27-22)23-20-12-19(31-24(2)6-7-24)5-4-18(20)14-25-23/h4-5,12-13,16-17H,6-11,14-15H2,1-3H3. The first-order valence-electron chi connectivity index (χ1n) is 11.2. The Morgan fingerprint density at radius 1 is 1.10 bits per heavy atom. The second-order valence-electron chi connectivity index (χ2n) is 9.12. The van der Waals surface area contributed by atoms with Gasteiger partial charge < -0.3 is 14.4 Å². The summed E-state index contributed by atoms with van der Waals surface area (Å²) in [5.74, 6) is 1.89. The van der Waals surface area contributed by atoms with Crippen molar-refractivity contribution in [2.45, 2.75) is 44.9 Å². The lowest BCUT2D eigenvalue weighted by Crippen LogP contribution is -2.51. The van der Waals surface area contributed by atoms with Crippen molar-refractivity contribution in [3.63, 3.8) is 0 Å². The molecule has 1 aliphatic carbocycles. The molecule has 0 bridgehead atoms. The van der Waals surface area contributed by atoms with E-state index >= 15 is 0 Å². The van der Waals surface area contributed by atoms with E-state index in [4.69, 9.17) is 14.5 Å². The topological polar surface area (TPSA) is 63.1 Å². The molecule has 7 heteroatoms. The molecular weight excluding hydrogens is 390 g/mol. The van der Waals surface area contributed by atoms with Crippen LogP contribution in [0.3, 0.4) is 0 Å². The Morgan fingerprint density at radius 2 is 1.90 bits per heavy atom. The predicted octanol–water partition coefficient (Wildman–Crippen LogP) is 2.92. The minimum Gasteiger partial charge on any atom is -0.488 e. The average Bonchev–Trinajstić information content (AvgIpc) is 3.36. The third kappa shape index (κ3) is 4.29. The molecule has 0 radical (unpaired) electrons. The van der Waals surface area contributed by atoms with Crippen LogP contribution < -0.4 is 9.64 Å². The summed E-state index contributed by atoms with van der Waals surface area (Å²) in [6.07, 6.45) is 3.91. The number of nitrogens with zero attached hydrogens (tertiary/aromatic N) is 5. The summed E-state index contributed by atoms with van der Waals surface area (Å²) in [6.45, 7) is 9.76. The van der Waals surface area contributed by atoms with Crippen molar-refractivity contribution in [3.05, 3.63) is 47.4 Å². The summed E-state index contributed by atoms with van der Waals surface area (Å²) in [4.78, 5) is 18.7. The first kappa shape index (κ1) is 20.4. The van der Waals surface area contributed by atoms with E-state index in [2.05, 4.69) is 57.9 Å². The van der Waals surface area contributed by atoms with Crippen molar-refractivity contribution >= 4 is 11.5 Å². The minimum absolute atomic E-state index is 0.00906. The quantitative estimate of drug-likeness (QED) is 0.685. The summed E-state index contributed by atoms with van der Waals surface area (Å²) >= 11 is 0. The maximum Gasteiger partial charge on any atom is 0.132 e. The van der Waals surface area contributed by atoms with Crippen molar-refractivity contribution in [1.82, 2.24) is 14.9 Å². The summed E-state index contributed by atoms with van der Waals surface area (Å²) in [7, 11) is 1.76. The molecule has 7 nitrogen and oxygen atoms in total. The molecule has 164 valence electrons. The fourth-order valence-corrected chi connectivity index (χ4v) is 4.40. The molecule has 2 aromatic rings. The van der Waals surface area contributed by atoms with E-state index in [1.165, 1.54) is 5.56 Å². The Labute approximate surface area is 184 Å². The number of fused-ring (bicyclic) bond motifs is 1. The van der Waals surface area contributed by atoms with Crippen molar-refractivity contribution in [1.29, 1.82) is 0 Å². The Bertz CT molecular complexity index is 980. The highest BCUT2D eigenvalue weighted by Crippen LogP contribution is 2.40. The molecule has 1 atom stereocenters. The third-order valence-electron chi connectivity index (χ3n) is 6.63. The number of aromatic nitrogens is 2. The largest absolute Gasteiger partial charge is 0.488 e. The fraction of sp³-hybridized carbons (Fsp3) is 0.542. The maximum atomic E-state index is 6.18. The van der Waals surface area contributed by atoms with Gasteiger partial charge in [-0.1, -0.05) is 6.07 Å². The number of hydrogen-bond acceptors (Lipinski definition) is 7. The molecule has 0 amide bonds. The SMILES string of the molecule is COCC(C)N1CCN(c2cc(C3=NCc4ccc(OC5(C)CC5)cc43)ncn2)CC1. The van der Waals surface area contributed by atoms with Gasteiger partial charge >= 0.3 is 0 Å². The van der Waals surface area contributed by atoms with Crippen LogP contribution in [0.4, 0.5) is 5.82 Å². The molecule has 1 unspecified atom stereocenters. The van der Waals surface area contributed by atoms with Gasteiger partial charge in [0.15, 0.2) is 0 Å². The van der Waals surface area contributed by atoms with E-state index in [1.807, 2.05) is 0 Å². The molecule has 1 aromatic heterocycles. The van der Waals surface area contributed by atoms with Gasteiger partial charge in [-0.3, -0.25) is 9.89 Å². The van der Waals surface area contributed by atoms with E-state index < -0.39 is 0 Å². The lowest BCUT2D eigenvalue weighted by Gasteiger charge is -2.38. The summed E-state index contributed by atoms with van der Waals surface area (Å²) in [6, 6.07) is 8.85. The van der Waals surface area contributed by atoms with Gasteiger partial charge in [0.2, 0.25) is 0 Å². The van der Waals surface area contributed by atoms with Gasteiger partial charge in [0.1, 0.15) is 23.5 Å². The molecule has 3 heterocycles. The minimum atomic E-state index is 0.00906. The van der Waals surface area contributed by atoms with Gasteiger partial charge in [-0.25, -0.2) is 9.97 Å². The zero-order valence-corrected chi connectivity index (χ0v) is 18.7. The molecule has 5 rings (SSSR count). The van der Waals surface area contributed by atoms with Crippen molar-refractivity contribution in [3.8, 4) is 5.75 Å². The van der Waals surface area contributed by atoms with Crippen LogP contribution in [0.5, 0.6) is 5.75 Å². The van der Waals surface area contributed by atoms with Crippen LogP contribution in [0.2, 0.25) is 0 Å². The van der Waals surface area contributed by atoms with Gasteiger partial charge in [-0.05, 0) is 44.4 Å². The van der Waals surface area contributed by atoms with Crippen LogP contribution in [0, 0.1) is 0 Å². The maximum absolute atomic E-state index is 6.18. The number of rotatable bonds is 7. The van der Waals surface area contributed by atoms with E-state index in [-0.39, 0.29) is 5.60 Å². The number of aliphatic imine (C=N–C) groups is 1. The van der Waals surface area contributed by atoms with Gasteiger partial charge in [-0.15, -0.1) is 0 Å². The van der Waals surface area contributed by atoms with E-state index in [1.54, 1.807) is 13.4 Å². The first-order valence-corrected chi connectivity index (χ1v) is 11.2. The highest BCUT2D eigenvalue weighted by atomic mass is 16.5. The predicted molar refractivity (Wildman–Crippen MR) is 121 cm³/mol. The average molecular weight is 422 g/mol.